The van der Waals surface area contributed by atoms with E-state index in [2.05, 4.69) is 57.4 Å². The molecule has 1 saturated heterocycles. The van der Waals surface area contributed by atoms with E-state index in [9.17, 15) is 4.79 Å². The molecule has 2 aliphatic rings. The summed E-state index contributed by atoms with van der Waals surface area (Å²) in [7, 11) is 0. The molecule has 0 spiro atoms. The SMILES string of the molecule is CCN1CCN(c2ccc(CNC(=O)Cc3ccc4c(c3)CCCC4)cn2)CC1. The number of aryl methyl sites for hydroxylation is 2. The van der Waals surface area contributed by atoms with Crippen molar-refractivity contribution in [3.8, 4) is 0 Å². The van der Waals surface area contributed by atoms with Gasteiger partial charge in [0.05, 0.1) is 6.42 Å². The molecular formula is C24H32N4O. The first-order valence-corrected chi connectivity index (χ1v) is 11.0. The van der Waals surface area contributed by atoms with Crippen LogP contribution in [-0.4, -0.2) is 48.5 Å². The second kappa shape index (κ2) is 9.40. The molecule has 0 radical (unpaired) electrons. The average molecular weight is 393 g/mol. The predicted molar refractivity (Wildman–Crippen MR) is 117 cm³/mol. The summed E-state index contributed by atoms with van der Waals surface area (Å²) in [6.45, 7) is 8.10. The van der Waals surface area contributed by atoms with Crippen LogP contribution in [0.3, 0.4) is 0 Å². The van der Waals surface area contributed by atoms with Crippen molar-refractivity contribution in [2.24, 2.45) is 0 Å². The predicted octanol–water partition coefficient (Wildman–Crippen LogP) is 2.96. The maximum absolute atomic E-state index is 12.4. The number of nitrogens with zero attached hydrogens (tertiary/aromatic N) is 3. The molecule has 1 aromatic carbocycles. The molecule has 1 fully saturated rings. The summed E-state index contributed by atoms with van der Waals surface area (Å²) < 4.78 is 0. The van der Waals surface area contributed by atoms with E-state index in [0.29, 0.717) is 13.0 Å². The second-order valence-corrected chi connectivity index (χ2v) is 8.21. The number of nitrogens with one attached hydrogen (secondary N) is 1. The highest BCUT2D eigenvalue weighted by Crippen LogP contribution is 2.22. The van der Waals surface area contributed by atoms with Gasteiger partial charge in [-0.15, -0.1) is 0 Å². The van der Waals surface area contributed by atoms with Crippen molar-refractivity contribution in [1.82, 2.24) is 15.2 Å². The van der Waals surface area contributed by atoms with Gasteiger partial charge < -0.3 is 15.1 Å². The fourth-order valence-electron chi connectivity index (χ4n) is 4.35. The minimum atomic E-state index is 0.0699. The molecule has 5 heteroatoms. The van der Waals surface area contributed by atoms with Gasteiger partial charge in [0.25, 0.3) is 0 Å². The molecule has 29 heavy (non-hydrogen) atoms. The molecule has 5 nitrogen and oxygen atoms in total. The molecule has 4 rings (SSSR count). The fourth-order valence-corrected chi connectivity index (χ4v) is 4.35. The number of pyridine rings is 1. The lowest BCUT2D eigenvalue weighted by Crippen LogP contribution is -2.46. The lowest BCUT2D eigenvalue weighted by atomic mass is 9.90. The summed E-state index contributed by atoms with van der Waals surface area (Å²) in [5.41, 5.74) is 5.05. The van der Waals surface area contributed by atoms with Crippen molar-refractivity contribution in [1.29, 1.82) is 0 Å². The van der Waals surface area contributed by atoms with Gasteiger partial charge in [0.1, 0.15) is 5.82 Å². The van der Waals surface area contributed by atoms with Crippen LogP contribution >= 0.6 is 0 Å². The molecule has 0 saturated carbocycles. The zero-order chi connectivity index (χ0) is 20.1. The first-order valence-electron chi connectivity index (χ1n) is 11.0. The Kier molecular flexibility index (Phi) is 6.45. The molecular weight excluding hydrogens is 360 g/mol. The molecule has 2 heterocycles. The van der Waals surface area contributed by atoms with E-state index in [1.54, 1.807) is 0 Å². The van der Waals surface area contributed by atoms with Gasteiger partial charge in [-0.25, -0.2) is 4.98 Å². The van der Waals surface area contributed by atoms with E-state index in [0.717, 1.165) is 56.1 Å². The molecule has 1 aliphatic carbocycles. The molecule has 154 valence electrons. The number of fused-ring (bicyclic) bond motifs is 1. The van der Waals surface area contributed by atoms with Gasteiger partial charge in [0.2, 0.25) is 5.91 Å². The Morgan fingerprint density at radius 3 is 2.48 bits per heavy atom. The Hall–Kier alpha value is -2.40. The Balaban J connectivity index is 1.26. The average Bonchev–Trinajstić information content (AvgIpc) is 2.78. The zero-order valence-corrected chi connectivity index (χ0v) is 17.5. The summed E-state index contributed by atoms with van der Waals surface area (Å²) in [6, 6.07) is 10.7. The second-order valence-electron chi connectivity index (χ2n) is 8.21. The third-order valence-electron chi connectivity index (χ3n) is 6.22. The number of carbonyl (C=O) groups is 1. The quantitative estimate of drug-likeness (QED) is 0.821. The molecule has 1 N–H and O–H groups in total. The van der Waals surface area contributed by atoms with E-state index in [1.807, 2.05) is 6.20 Å². The van der Waals surface area contributed by atoms with Crippen molar-refractivity contribution in [2.75, 3.05) is 37.6 Å². The number of amides is 1. The highest BCUT2D eigenvalue weighted by molar-refractivity contribution is 5.78. The number of hydrogen-bond donors (Lipinski definition) is 1. The molecule has 0 atom stereocenters. The maximum atomic E-state index is 12.4. The minimum absolute atomic E-state index is 0.0699. The summed E-state index contributed by atoms with van der Waals surface area (Å²) in [4.78, 5) is 21.8. The van der Waals surface area contributed by atoms with Crippen LogP contribution in [0, 0.1) is 0 Å². The Labute approximate surface area is 174 Å². The standard InChI is InChI=1S/C24H32N4O/c1-2-27-11-13-28(14-12-27)23-10-8-20(17-25-23)18-26-24(29)16-19-7-9-21-5-3-4-6-22(21)15-19/h7-10,15,17H,2-6,11-14,16,18H2,1H3,(H,26,29). The Morgan fingerprint density at radius 2 is 1.76 bits per heavy atom. The van der Waals surface area contributed by atoms with E-state index in [4.69, 9.17) is 0 Å². The van der Waals surface area contributed by atoms with Gasteiger partial charge in [0, 0.05) is 38.9 Å². The van der Waals surface area contributed by atoms with Crippen LogP contribution in [0.2, 0.25) is 0 Å². The lowest BCUT2D eigenvalue weighted by molar-refractivity contribution is -0.120. The number of rotatable bonds is 6. The van der Waals surface area contributed by atoms with E-state index >= 15 is 0 Å². The van der Waals surface area contributed by atoms with Crippen molar-refractivity contribution < 1.29 is 4.79 Å². The zero-order valence-electron chi connectivity index (χ0n) is 17.5. The largest absolute Gasteiger partial charge is 0.354 e. The van der Waals surface area contributed by atoms with Crippen molar-refractivity contribution in [2.45, 2.75) is 45.6 Å². The number of benzene rings is 1. The van der Waals surface area contributed by atoms with Gasteiger partial charge >= 0.3 is 0 Å². The van der Waals surface area contributed by atoms with Gasteiger partial charge in [-0.3, -0.25) is 4.79 Å². The van der Waals surface area contributed by atoms with Crippen LogP contribution in [0.15, 0.2) is 36.5 Å². The van der Waals surface area contributed by atoms with Crippen LogP contribution in [0.25, 0.3) is 0 Å². The lowest BCUT2D eigenvalue weighted by Gasteiger charge is -2.34. The minimum Gasteiger partial charge on any atom is -0.354 e. The van der Waals surface area contributed by atoms with Gasteiger partial charge in [-0.2, -0.15) is 0 Å². The number of carbonyl (C=O) groups excluding carboxylic acids is 1. The van der Waals surface area contributed by atoms with Gasteiger partial charge in [-0.1, -0.05) is 31.2 Å². The van der Waals surface area contributed by atoms with Crippen LogP contribution in [0.1, 0.15) is 42.0 Å². The van der Waals surface area contributed by atoms with Crippen LogP contribution < -0.4 is 10.2 Å². The topological polar surface area (TPSA) is 48.5 Å². The third kappa shape index (κ3) is 5.15. The maximum Gasteiger partial charge on any atom is 0.224 e. The number of aromatic nitrogens is 1. The van der Waals surface area contributed by atoms with E-state index in [1.165, 1.54) is 30.4 Å². The number of likely N-dealkylation sites (N-methyl/N-ethyl adjacent to an activating group) is 1. The highest BCUT2D eigenvalue weighted by atomic mass is 16.1. The summed E-state index contributed by atoms with van der Waals surface area (Å²) in [5.74, 6) is 1.10. The van der Waals surface area contributed by atoms with E-state index < -0.39 is 0 Å². The van der Waals surface area contributed by atoms with Crippen LogP contribution in [0.4, 0.5) is 5.82 Å². The highest BCUT2D eigenvalue weighted by Gasteiger charge is 2.16. The van der Waals surface area contributed by atoms with Gasteiger partial charge in [-0.05, 0) is 60.5 Å². The first-order chi connectivity index (χ1) is 14.2. The fraction of sp³-hybridized carbons (Fsp3) is 0.500. The monoisotopic (exact) mass is 392 g/mol. The summed E-state index contributed by atoms with van der Waals surface area (Å²) in [6.07, 6.45) is 7.21. The van der Waals surface area contributed by atoms with E-state index in [-0.39, 0.29) is 5.91 Å². The summed E-state index contributed by atoms with van der Waals surface area (Å²) in [5, 5.41) is 3.04. The van der Waals surface area contributed by atoms with Crippen molar-refractivity contribution in [3.05, 3.63) is 58.8 Å². The molecule has 1 amide bonds. The van der Waals surface area contributed by atoms with Crippen LogP contribution in [-0.2, 0) is 30.6 Å². The molecule has 1 aromatic heterocycles. The molecule has 1 aliphatic heterocycles. The van der Waals surface area contributed by atoms with Crippen molar-refractivity contribution >= 4 is 11.7 Å². The third-order valence-corrected chi connectivity index (χ3v) is 6.22. The van der Waals surface area contributed by atoms with Crippen LogP contribution in [0.5, 0.6) is 0 Å². The smallest absolute Gasteiger partial charge is 0.224 e. The molecule has 0 bridgehead atoms. The summed E-state index contributed by atoms with van der Waals surface area (Å²) >= 11 is 0. The normalized spacial score (nSPS) is 17.1. The van der Waals surface area contributed by atoms with Crippen molar-refractivity contribution in [3.63, 3.8) is 0 Å². The molecule has 2 aromatic rings. The first kappa shape index (κ1) is 19.9. The Morgan fingerprint density at radius 1 is 1.00 bits per heavy atom. The number of anilines is 1. The van der Waals surface area contributed by atoms with Gasteiger partial charge in [0.15, 0.2) is 0 Å². The number of piperazine rings is 1. The number of hydrogen-bond acceptors (Lipinski definition) is 4. The molecule has 0 unspecified atom stereocenters. The Bertz CT molecular complexity index is 825.